The van der Waals surface area contributed by atoms with E-state index in [1.54, 1.807) is 10.9 Å². The van der Waals surface area contributed by atoms with Crippen molar-refractivity contribution in [1.29, 1.82) is 0 Å². The summed E-state index contributed by atoms with van der Waals surface area (Å²) in [7, 11) is 0. The lowest BCUT2D eigenvalue weighted by Crippen LogP contribution is -2.03. The van der Waals surface area contributed by atoms with Crippen LogP contribution in [0.25, 0.3) is 5.82 Å². The summed E-state index contributed by atoms with van der Waals surface area (Å²) in [6.07, 6.45) is 6.17. The fourth-order valence-corrected chi connectivity index (χ4v) is 1.65. The van der Waals surface area contributed by atoms with E-state index in [-0.39, 0.29) is 0 Å². The van der Waals surface area contributed by atoms with Crippen molar-refractivity contribution in [3.8, 4) is 5.82 Å². The maximum atomic E-state index is 5.83. The summed E-state index contributed by atoms with van der Waals surface area (Å²) in [5.74, 6) is 1.38. The Bertz CT molecular complexity index is 485. The van der Waals surface area contributed by atoms with Crippen molar-refractivity contribution >= 4 is 5.69 Å². The molecule has 0 spiro atoms. The molecule has 1 saturated carbocycles. The highest BCUT2D eigenvalue weighted by Crippen LogP contribution is 2.39. The minimum absolute atomic E-state index is 0.656. The van der Waals surface area contributed by atoms with E-state index in [2.05, 4.69) is 10.1 Å². The summed E-state index contributed by atoms with van der Waals surface area (Å²) >= 11 is 0. The molecule has 76 valence electrons. The van der Waals surface area contributed by atoms with Crippen LogP contribution in [0.2, 0.25) is 0 Å². The Morgan fingerprint density at radius 2 is 2.20 bits per heavy atom. The third kappa shape index (κ3) is 1.48. The lowest BCUT2D eigenvalue weighted by atomic mass is 10.3. The van der Waals surface area contributed by atoms with Crippen LogP contribution in [0.4, 0.5) is 5.69 Å². The van der Waals surface area contributed by atoms with E-state index in [0.717, 1.165) is 5.69 Å². The Hall–Kier alpha value is -1.84. The third-order valence-electron chi connectivity index (χ3n) is 2.64. The first kappa shape index (κ1) is 8.47. The van der Waals surface area contributed by atoms with E-state index in [9.17, 15) is 0 Å². The van der Waals surface area contributed by atoms with Gasteiger partial charge in [0.2, 0.25) is 0 Å². The molecule has 0 atom stereocenters. The molecular formula is C11H12N4. The summed E-state index contributed by atoms with van der Waals surface area (Å²) in [6, 6.07) is 5.71. The number of nitrogen functional groups attached to an aromatic ring is 1. The molecule has 1 aliphatic rings. The van der Waals surface area contributed by atoms with E-state index in [1.165, 1.54) is 12.8 Å². The molecule has 1 aliphatic carbocycles. The molecule has 0 aliphatic heterocycles. The number of hydrogen-bond donors (Lipinski definition) is 1. The summed E-state index contributed by atoms with van der Waals surface area (Å²) in [5, 5.41) is 4.48. The van der Waals surface area contributed by atoms with Crippen LogP contribution in [0.15, 0.2) is 30.6 Å². The first-order valence-corrected chi connectivity index (χ1v) is 5.11. The number of anilines is 1. The summed E-state index contributed by atoms with van der Waals surface area (Å²) in [4.78, 5) is 4.22. The van der Waals surface area contributed by atoms with Gasteiger partial charge in [-0.25, -0.2) is 9.67 Å². The molecule has 1 fully saturated rings. The topological polar surface area (TPSA) is 56.7 Å². The summed E-state index contributed by atoms with van der Waals surface area (Å²) < 4.78 is 1.75. The number of rotatable bonds is 2. The Morgan fingerprint density at radius 3 is 2.93 bits per heavy atom. The zero-order valence-corrected chi connectivity index (χ0v) is 8.30. The quantitative estimate of drug-likeness (QED) is 0.803. The number of nitrogens with two attached hydrogens (primary N) is 1. The summed E-state index contributed by atoms with van der Waals surface area (Å²) in [5.41, 5.74) is 7.64. The zero-order valence-electron chi connectivity index (χ0n) is 8.30. The van der Waals surface area contributed by atoms with Gasteiger partial charge in [-0.2, -0.15) is 5.10 Å². The van der Waals surface area contributed by atoms with Crippen molar-refractivity contribution in [1.82, 2.24) is 14.8 Å². The van der Waals surface area contributed by atoms with Crippen molar-refractivity contribution in [2.24, 2.45) is 0 Å². The molecule has 3 rings (SSSR count). The van der Waals surface area contributed by atoms with Gasteiger partial charge in [0.25, 0.3) is 0 Å². The van der Waals surface area contributed by atoms with Gasteiger partial charge in [0.05, 0.1) is 11.4 Å². The molecule has 0 aromatic carbocycles. The van der Waals surface area contributed by atoms with Crippen molar-refractivity contribution in [2.75, 3.05) is 5.73 Å². The number of pyridine rings is 1. The van der Waals surface area contributed by atoms with Gasteiger partial charge in [-0.05, 0) is 31.0 Å². The van der Waals surface area contributed by atoms with Gasteiger partial charge in [0, 0.05) is 18.3 Å². The van der Waals surface area contributed by atoms with Gasteiger partial charge in [-0.15, -0.1) is 0 Å². The number of nitrogens with zero attached hydrogens (tertiary/aromatic N) is 3. The Morgan fingerprint density at radius 1 is 1.33 bits per heavy atom. The van der Waals surface area contributed by atoms with Gasteiger partial charge >= 0.3 is 0 Å². The standard InChI is InChI=1S/C11H12N4/c12-9-2-1-6-13-11(9)15-7-5-10(14-15)8-3-4-8/h1-2,5-8H,3-4,12H2. The molecule has 0 bridgehead atoms. The molecule has 15 heavy (non-hydrogen) atoms. The first-order chi connectivity index (χ1) is 7.34. The predicted molar refractivity (Wildman–Crippen MR) is 57.7 cm³/mol. The van der Waals surface area contributed by atoms with Crippen LogP contribution in [0.3, 0.4) is 0 Å². The van der Waals surface area contributed by atoms with Crippen LogP contribution < -0.4 is 5.73 Å². The van der Waals surface area contributed by atoms with Crippen molar-refractivity contribution < 1.29 is 0 Å². The fourth-order valence-electron chi connectivity index (χ4n) is 1.65. The molecule has 2 aromatic rings. The minimum atomic E-state index is 0.656. The second-order valence-corrected chi connectivity index (χ2v) is 3.88. The Balaban J connectivity index is 2.01. The van der Waals surface area contributed by atoms with Crippen LogP contribution in [0.1, 0.15) is 24.5 Å². The molecular weight excluding hydrogens is 188 g/mol. The number of aromatic nitrogens is 3. The Labute approximate surface area is 87.7 Å². The molecule has 0 radical (unpaired) electrons. The number of hydrogen-bond acceptors (Lipinski definition) is 3. The monoisotopic (exact) mass is 200 g/mol. The summed E-state index contributed by atoms with van der Waals surface area (Å²) in [6.45, 7) is 0. The zero-order chi connectivity index (χ0) is 10.3. The molecule has 2 heterocycles. The van der Waals surface area contributed by atoms with Gasteiger partial charge in [-0.1, -0.05) is 0 Å². The van der Waals surface area contributed by atoms with Crippen LogP contribution in [-0.4, -0.2) is 14.8 Å². The molecule has 4 nitrogen and oxygen atoms in total. The Kier molecular flexibility index (Phi) is 1.74. The average molecular weight is 200 g/mol. The maximum absolute atomic E-state index is 5.83. The van der Waals surface area contributed by atoms with Crippen molar-refractivity contribution in [2.45, 2.75) is 18.8 Å². The van der Waals surface area contributed by atoms with Gasteiger partial charge in [0.1, 0.15) is 0 Å². The molecule has 2 N–H and O–H groups in total. The highest BCUT2D eigenvalue weighted by Gasteiger charge is 2.26. The highest BCUT2D eigenvalue weighted by molar-refractivity contribution is 5.51. The van der Waals surface area contributed by atoms with Crippen LogP contribution in [-0.2, 0) is 0 Å². The predicted octanol–water partition coefficient (Wildman–Crippen LogP) is 1.73. The van der Waals surface area contributed by atoms with E-state index in [1.807, 2.05) is 24.4 Å². The van der Waals surface area contributed by atoms with E-state index in [4.69, 9.17) is 5.73 Å². The minimum Gasteiger partial charge on any atom is -0.396 e. The average Bonchev–Trinajstić information content (AvgIpc) is 2.99. The molecule has 0 saturated heterocycles. The van der Waals surface area contributed by atoms with Gasteiger partial charge < -0.3 is 5.73 Å². The second kappa shape index (κ2) is 3.08. The smallest absolute Gasteiger partial charge is 0.176 e. The van der Waals surface area contributed by atoms with Gasteiger partial charge in [-0.3, -0.25) is 0 Å². The molecule has 2 aromatic heterocycles. The van der Waals surface area contributed by atoms with Crippen LogP contribution >= 0.6 is 0 Å². The van der Waals surface area contributed by atoms with E-state index in [0.29, 0.717) is 17.4 Å². The first-order valence-electron chi connectivity index (χ1n) is 5.11. The SMILES string of the molecule is Nc1cccnc1-n1ccc(C2CC2)n1. The van der Waals surface area contributed by atoms with Crippen molar-refractivity contribution in [3.63, 3.8) is 0 Å². The highest BCUT2D eigenvalue weighted by atomic mass is 15.3. The molecule has 0 amide bonds. The third-order valence-corrected chi connectivity index (χ3v) is 2.64. The second-order valence-electron chi connectivity index (χ2n) is 3.88. The van der Waals surface area contributed by atoms with Crippen LogP contribution in [0, 0.1) is 0 Å². The fraction of sp³-hybridized carbons (Fsp3) is 0.273. The lowest BCUT2D eigenvalue weighted by Gasteiger charge is -2.02. The molecule has 4 heteroatoms. The normalized spacial score (nSPS) is 15.5. The van der Waals surface area contributed by atoms with Gasteiger partial charge in [0.15, 0.2) is 5.82 Å². The van der Waals surface area contributed by atoms with E-state index < -0.39 is 0 Å². The van der Waals surface area contributed by atoms with E-state index >= 15 is 0 Å². The lowest BCUT2D eigenvalue weighted by molar-refractivity contribution is 0.815. The molecule has 0 unspecified atom stereocenters. The largest absolute Gasteiger partial charge is 0.396 e. The van der Waals surface area contributed by atoms with Crippen molar-refractivity contribution in [3.05, 3.63) is 36.3 Å². The van der Waals surface area contributed by atoms with Crippen LogP contribution in [0.5, 0.6) is 0 Å². The maximum Gasteiger partial charge on any atom is 0.176 e.